The van der Waals surface area contributed by atoms with Crippen LogP contribution in [0, 0.1) is 12.3 Å². The van der Waals surface area contributed by atoms with E-state index >= 15 is 0 Å². The Hall–Kier alpha value is -3.20. The van der Waals surface area contributed by atoms with Gasteiger partial charge in [-0.05, 0) is 57.2 Å². The number of carbonyl (C=O) groups excluding carboxylic acids is 2. The minimum atomic E-state index is -1.12. The minimum Gasteiger partial charge on any atom is -0.309 e. The number of benzene rings is 3. The largest absolute Gasteiger partial charge is 0.309 e. The van der Waals surface area contributed by atoms with Gasteiger partial charge in [-0.3, -0.25) is 9.59 Å². The first-order valence-corrected chi connectivity index (χ1v) is 9.06. The van der Waals surface area contributed by atoms with Crippen LogP contribution >= 0.6 is 0 Å². The molecule has 0 spiro atoms. The summed E-state index contributed by atoms with van der Waals surface area (Å²) in [4.78, 5) is 28.6. The van der Waals surface area contributed by atoms with Crippen LogP contribution in [-0.4, -0.2) is 11.6 Å². The van der Waals surface area contributed by atoms with Gasteiger partial charge in [0.2, 0.25) is 0 Å². The molecule has 0 bridgehead atoms. The molecule has 3 nitrogen and oxygen atoms in total. The maximum Gasteiger partial charge on any atom is 0.178 e. The van der Waals surface area contributed by atoms with Crippen molar-refractivity contribution in [2.45, 2.75) is 20.8 Å². The zero-order chi connectivity index (χ0) is 19.2. The normalized spacial score (nSPS) is 15.6. The van der Waals surface area contributed by atoms with Crippen molar-refractivity contribution in [2.75, 3.05) is 4.90 Å². The zero-order valence-electron chi connectivity index (χ0n) is 15.7. The van der Waals surface area contributed by atoms with Gasteiger partial charge in [0.15, 0.2) is 11.6 Å². The molecule has 27 heavy (non-hydrogen) atoms. The monoisotopic (exact) mass is 355 g/mol. The molecule has 3 aromatic carbocycles. The van der Waals surface area contributed by atoms with E-state index in [1.807, 2.05) is 84.6 Å². The highest BCUT2D eigenvalue weighted by atomic mass is 16.2. The van der Waals surface area contributed by atoms with Crippen LogP contribution in [-0.2, 0) is 0 Å². The molecule has 3 aromatic rings. The van der Waals surface area contributed by atoms with E-state index in [1.54, 1.807) is 13.8 Å². The third-order valence-corrected chi connectivity index (χ3v) is 5.21. The van der Waals surface area contributed by atoms with E-state index in [1.165, 1.54) is 0 Å². The van der Waals surface area contributed by atoms with Gasteiger partial charge < -0.3 is 4.90 Å². The van der Waals surface area contributed by atoms with E-state index < -0.39 is 5.41 Å². The van der Waals surface area contributed by atoms with Crippen molar-refractivity contribution < 1.29 is 9.59 Å². The fourth-order valence-electron chi connectivity index (χ4n) is 3.60. The lowest BCUT2D eigenvalue weighted by Gasteiger charge is -2.34. The lowest BCUT2D eigenvalue weighted by atomic mass is 9.75. The SMILES string of the molecule is Cc1ccc(N2c3ccccc3C(=O)C(C)(C)C(=O)c3ccccc32)cc1. The Kier molecular flexibility index (Phi) is 3.96. The smallest absolute Gasteiger partial charge is 0.178 e. The standard InChI is InChI=1S/C24H21NO2/c1-16-12-14-17(15-13-16)25-20-10-6-4-8-18(20)22(26)24(2,3)23(27)19-9-5-7-11-21(19)25/h4-15H,1-3H3. The van der Waals surface area contributed by atoms with E-state index in [9.17, 15) is 9.59 Å². The van der Waals surface area contributed by atoms with Gasteiger partial charge >= 0.3 is 0 Å². The van der Waals surface area contributed by atoms with E-state index in [4.69, 9.17) is 0 Å². The van der Waals surface area contributed by atoms with Crippen LogP contribution in [0.25, 0.3) is 0 Å². The average molecular weight is 355 g/mol. The molecule has 0 aliphatic carbocycles. The van der Waals surface area contributed by atoms with Crippen molar-refractivity contribution in [3.63, 3.8) is 0 Å². The second-order valence-corrected chi connectivity index (χ2v) is 7.49. The molecular formula is C24H21NO2. The number of Topliss-reactive ketones (excluding diaryl/α,β-unsaturated/α-hetero) is 2. The molecule has 0 amide bonds. The number of para-hydroxylation sites is 2. The molecule has 0 unspecified atom stereocenters. The zero-order valence-corrected chi connectivity index (χ0v) is 15.7. The van der Waals surface area contributed by atoms with Crippen LogP contribution in [0.2, 0.25) is 0 Å². The Morgan fingerprint density at radius 2 is 1.11 bits per heavy atom. The number of hydrogen-bond acceptors (Lipinski definition) is 3. The molecule has 4 rings (SSSR count). The van der Waals surface area contributed by atoms with Gasteiger partial charge in [0.1, 0.15) is 0 Å². The summed E-state index contributed by atoms with van der Waals surface area (Å²) in [6, 6.07) is 23.1. The number of carbonyl (C=O) groups is 2. The predicted molar refractivity (Wildman–Crippen MR) is 108 cm³/mol. The van der Waals surface area contributed by atoms with Crippen LogP contribution in [0.15, 0.2) is 72.8 Å². The van der Waals surface area contributed by atoms with Gasteiger partial charge in [-0.2, -0.15) is 0 Å². The van der Waals surface area contributed by atoms with Gasteiger partial charge in [0.25, 0.3) is 0 Å². The molecule has 3 heteroatoms. The molecule has 1 aliphatic rings. The van der Waals surface area contributed by atoms with Gasteiger partial charge in [-0.25, -0.2) is 0 Å². The second-order valence-electron chi connectivity index (χ2n) is 7.49. The van der Waals surface area contributed by atoms with Crippen molar-refractivity contribution in [3.05, 3.63) is 89.5 Å². The summed E-state index contributed by atoms with van der Waals surface area (Å²) in [5.74, 6) is -0.315. The molecule has 0 saturated carbocycles. The highest BCUT2D eigenvalue weighted by molar-refractivity contribution is 6.24. The molecule has 1 aliphatic heterocycles. The predicted octanol–water partition coefficient (Wildman–Crippen LogP) is 5.87. The minimum absolute atomic E-state index is 0.158. The summed E-state index contributed by atoms with van der Waals surface area (Å²) < 4.78 is 0. The lowest BCUT2D eigenvalue weighted by Crippen LogP contribution is -2.37. The van der Waals surface area contributed by atoms with E-state index in [0.29, 0.717) is 11.1 Å². The third kappa shape index (κ3) is 2.67. The number of fused-ring (bicyclic) bond motifs is 2. The maximum absolute atomic E-state index is 13.3. The Balaban J connectivity index is 2.09. The highest BCUT2D eigenvalue weighted by Gasteiger charge is 2.42. The molecular weight excluding hydrogens is 334 g/mol. The third-order valence-electron chi connectivity index (χ3n) is 5.21. The van der Waals surface area contributed by atoms with Crippen LogP contribution in [0.4, 0.5) is 17.1 Å². The summed E-state index contributed by atoms with van der Waals surface area (Å²) in [6.07, 6.45) is 0. The van der Waals surface area contributed by atoms with Crippen LogP contribution in [0.5, 0.6) is 0 Å². The molecule has 134 valence electrons. The average Bonchev–Trinajstić information content (AvgIpc) is 2.68. The number of rotatable bonds is 1. The lowest BCUT2D eigenvalue weighted by molar-refractivity contribution is 0.0711. The fourth-order valence-corrected chi connectivity index (χ4v) is 3.60. The first-order valence-electron chi connectivity index (χ1n) is 9.06. The van der Waals surface area contributed by atoms with E-state index in [0.717, 1.165) is 22.6 Å². The Bertz CT molecular complexity index is 986. The molecule has 0 radical (unpaired) electrons. The summed E-state index contributed by atoms with van der Waals surface area (Å²) in [7, 11) is 0. The number of ketones is 2. The topological polar surface area (TPSA) is 37.4 Å². The number of hydrogen-bond donors (Lipinski definition) is 0. The summed E-state index contributed by atoms with van der Waals surface area (Å²) in [5.41, 5.74) is 3.66. The molecule has 0 aromatic heterocycles. The first kappa shape index (κ1) is 17.2. The van der Waals surface area contributed by atoms with Crippen molar-refractivity contribution in [1.29, 1.82) is 0 Å². The number of nitrogens with zero attached hydrogens (tertiary/aromatic N) is 1. The Labute approximate surface area is 159 Å². The summed E-state index contributed by atoms with van der Waals surface area (Å²) >= 11 is 0. The van der Waals surface area contributed by atoms with Crippen LogP contribution in [0.3, 0.4) is 0 Å². The molecule has 1 heterocycles. The Morgan fingerprint density at radius 3 is 1.59 bits per heavy atom. The van der Waals surface area contributed by atoms with Gasteiger partial charge in [0.05, 0.1) is 16.8 Å². The number of aryl methyl sites for hydroxylation is 1. The van der Waals surface area contributed by atoms with Crippen molar-refractivity contribution >= 4 is 28.6 Å². The van der Waals surface area contributed by atoms with Gasteiger partial charge in [-0.1, -0.05) is 42.0 Å². The first-order chi connectivity index (χ1) is 12.9. The fraction of sp³-hybridized carbons (Fsp3) is 0.167. The van der Waals surface area contributed by atoms with Gasteiger partial charge in [-0.15, -0.1) is 0 Å². The Morgan fingerprint density at radius 1 is 0.667 bits per heavy atom. The van der Waals surface area contributed by atoms with Gasteiger partial charge in [0, 0.05) is 16.8 Å². The van der Waals surface area contributed by atoms with E-state index in [-0.39, 0.29) is 11.6 Å². The van der Waals surface area contributed by atoms with E-state index in [2.05, 4.69) is 0 Å². The molecule has 0 atom stereocenters. The van der Waals surface area contributed by atoms with Crippen molar-refractivity contribution in [3.8, 4) is 0 Å². The quantitative estimate of drug-likeness (QED) is 0.512. The molecule has 0 N–H and O–H groups in total. The maximum atomic E-state index is 13.3. The molecule has 0 fully saturated rings. The van der Waals surface area contributed by atoms with Crippen LogP contribution in [0.1, 0.15) is 40.1 Å². The van der Waals surface area contributed by atoms with Crippen molar-refractivity contribution in [2.24, 2.45) is 5.41 Å². The van der Waals surface area contributed by atoms with Crippen LogP contribution < -0.4 is 4.90 Å². The summed E-state index contributed by atoms with van der Waals surface area (Å²) in [5, 5.41) is 0. The second kappa shape index (κ2) is 6.20. The molecule has 0 saturated heterocycles. The number of anilines is 3. The van der Waals surface area contributed by atoms with Crippen molar-refractivity contribution in [1.82, 2.24) is 0 Å². The summed E-state index contributed by atoms with van der Waals surface area (Å²) in [6.45, 7) is 5.47. The highest BCUT2D eigenvalue weighted by Crippen LogP contribution is 2.44.